The molecule has 3 rings (SSSR count). The summed E-state index contributed by atoms with van der Waals surface area (Å²) in [6.45, 7) is 2.02. The molecule has 0 saturated heterocycles. The quantitative estimate of drug-likeness (QED) is 0.644. The first kappa shape index (κ1) is 13.6. The van der Waals surface area contributed by atoms with Gasteiger partial charge in [-0.25, -0.2) is 9.79 Å². The fraction of sp³-hybridized carbons (Fsp3) is 0.125. The molecule has 0 fully saturated rings. The van der Waals surface area contributed by atoms with E-state index in [0.717, 1.165) is 4.88 Å². The van der Waals surface area contributed by atoms with Crippen molar-refractivity contribution in [3.63, 3.8) is 0 Å². The number of cyclic esters (lactones) is 1. The molecule has 2 aromatic rings. The zero-order valence-electron chi connectivity index (χ0n) is 11.6. The Morgan fingerprint density at radius 3 is 2.76 bits per heavy atom. The number of hydrogen-bond donors (Lipinski definition) is 0. The van der Waals surface area contributed by atoms with Crippen LogP contribution < -0.4 is 4.74 Å². The molecule has 0 atom stereocenters. The first-order valence-electron chi connectivity index (χ1n) is 6.40. The summed E-state index contributed by atoms with van der Waals surface area (Å²) in [6, 6.07) is 11.3. The van der Waals surface area contributed by atoms with Gasteiger partial charge in [-0.2, -0.15) is 0 Å². The Kier molecular flexibility index (Phi) is 3.58. The molecule has 5 heteroatoms. The summed E-state index contributed by atoms with van der Waals surface area (Å²) in [5.41, 5.74) is 0.969. The van der Waals surface area contributed by atoms with E-state index in [1.807, 2.05) is 37.3 Å². The molecule has 4 nitrogen and oxygen atoms in total. The van der Waals surface area contributed by atoms with Crippen LogP contribution in [-0.2, 0) is 9.53 Å². The number of aryl methyl sites for hydroxylation is 1. The van der Waals surface area contributed by atoms with Crippen LogP contribution in [0.3, 0.4) is 0 Å². The van der Waals surface area contributed by atoms with E-state index in [9.17, 15) is 4.79 Å². The van der Waals surface area contributed by atoms with Gasteiger partial charge in [0.15, 0.2) is 5.70 Å². The third-order valence-corrected chi connectivity index (χ3v) is 3.95. The second kappa shape index (κ2) is 5.54. The normalized spacial score (nSPS) is 16.0. The van der Waals surface area contributed by atoms with Crippen LogP contribution in [-0.4, -0.2) is 19.0 Å². The van der Waals surface area contributed by atoms with Crippen LogP contribution in [0, 0.1) is 6.92 Å². The molecule has 0 saturated carbocycles. The Hall–Kier alpha value is -2.40. The standard InChI is InChI=1S/C16H13NO3S/c1-10-7-8-11(21-10)9-13-16(18)20-15(17-13)12-5-3-4-6-14(12)19-2/h3-9H,1-2H3/b13-9-. The van der Waals surface area contributed by atoms with Crippen LogP contribution in [0.5, 0.6) is 5.75 Å². The van der Waals surface area contributed by atoms with E-state index in [1.165, 1.54) is 4.88 Å². The van der Waals surface area contributed by atoms with Crippen molar-refractivity contribution in [1.82, 2.24) is 0 Å². The highest BCUT2D eigenvalue weighted by molar-refractivity contribution is 7.12. The van der Waals surface area contributed by atoms with Crippen LogP contribution in [0.1, 0.15) is 15.3 Å². The van der Waals surface area contributed by atoms with Crippen molar-refractivity contribution in [1.29, 1.82) is 0 Å². The Labute approximate surface area is 126 Å². The monoisotopic (exact) mass is 299 g/mol. The van der Waals surface area contributed by atoms with Gasteiger partial charge in [-0.15, -0.1) is 11.3 Å². The summed E-state index contributed by atoms with van der Waals surface area (Å²) >= 11 is 1.60. The predicted molar refractivity (Wildman–Crippen MR) is 82.7 cm³/mol. The summed E-state index contributed by atoms with van der Waals surface area (Å²) in [7, 11) is 1.57. The molecule has 21 heavy (non-hydrogen) atoms. The van der Waals surface area contributed by atoms with Crippen LogP contribution in [0.4, 0.5) is 0 Å². The zero-order valence-corrected chi connectivity index (χ0v) is 12.4. The molecule has 1 aromatic heterocycles. The smallest absolute Gasteiger partial charge is 0.363 e. The Morgan fingerprint density at radius 1 is 1.24 bits per heavy atom. The molecule has 0 N–H and O–H groups in total. The lowest BCUT2D eigenvalue weighted by atomic mass is 10.2. The maximum absolute atomic E-state index is 11.9. The van der Waals surface area contributed by atoms with Gasteiger partial charge < -0.3 is 9.47 Å². The molecule has 2 heterocycles. The lowest BCUT2D eigenvalue weighted by Gasteiger charge is -2.05. The Balaban J connectivity index is 1.97. The van der Waals surface area contributed by atoms with Gasteiger partial charge in [-0.1, -0.05) is 12.1 Å². The summed E-state index contributed by atoms with van der Waals surface area (Å²) in [5.74, 6) is 0.455. The largest absolute Gasteiger partial charge is 0.496 e. The maximum Gasteiger partial charge on any atom is 0.363 e. The van der Waals surface area contributed by atoms with Gasteiger partial charge in [0, 0.05) is 9.75 Å². The Morgan fingerprint density at radius 2 is 2.05 bits per heavy atom. The lowest BCUT2D eigenvalue weighted by molar-refractivity contribution is -0.129. The fourth-order valence-corrected chi connectivity index (χ4v) is 2.83. The number of carbonyl (C=O) groups is 1. The average molecular weight is 299 g/mol. The number of rotatable bonds is 3. The van der Waals surface area contributed by atoms with Gasteiger partial charge >= 0.3 is 5.97 Å². The molecule has 0 aliphatic carbocycles. The number of esters is 1. The third-order valence-electron chi connectivity index (χ3n) is 3.00. The van der Waals surface area contributed by atoms with Crippen molar-refractivity contribution in [2.45, 2.75) is 6.92 Å². The first-order valence-corrected chi connectivity index (χ1v) is 7.21. The number of methoxy groups -OCH3 is 1. The number of aliphatic imine (C=N–C) groups is 1. The molecule has 1 aromatic carbocycles. The number of thiophene rings is 1. The number of ether oxygens (including phenoxy) is 2. The minimum Gasteiger partial charge on any atom is -0.496 e. The fourth-order valence-electron chi connectivity index (χ4n) is 2.01. The van der Waals surface area contributed by atoms with Crippen LogP contribution in [0.25, 0.3) is 6.08 Å². The molecule has 0 radical (unpaired) electrons. The van der Waals surface area contributed by atoms with Gasteiger partial charge in [0.25, 0.3) is 0 Å². The van der Waals surface area contributed by atoms with Crippen molar-refractivity contribution in [3.05, 3.63) is 57.4 Å². The highest BCUT2D eigenvalue weighted by Gasteiger charge is 2.26. The van der Waals surface area contributed by atoms with E-state index in [-0.39, 0.29) is 5.90 Å². The van der Waals surface area contributed by atoms with E-state index in [4.69, 9.17) is 9.47 Å². The molecule has 1 aliphatic heterocycles. The second-order valence-electron chi connectivity index (χ2n) is 4.48. The van der Waals surface area contributed by atoms with Crippen LogP contribution in [0.15, 0.2) is 47.1 Å². The highest BCUT2D eigenvalue weighted by atomic mass is 32.1. The van der Waals surface area contributed by atoms with Gasteiger partial charge in [0.05, 0.1) is 12.7 Å². The zero-order chi connectivity index (χ0) is 14.8. The van der Waals surface area contributed by atoms with Crippen molar-refractivity contribution in [2.75, 3.05) is 7.11 Å². The van der Waals surface area contributed by atoms with Crippen molar-refractivity contribution in [2.24, 2.45) is 4.99 Å². The predicted octanol–water partition coefficient (Wildman–Crippen LogP) is 3.41. The minimum absolute atomic E-state index is 0.275. The van der Waals surface area contributed by atoms with Gasteiger partial charge in [-0.3, -0.25) is 0 Å². The van der Waals surface area contributed by atoms with Crippen LogP contribution >= 0.6 is 11.3 Å². The van der Waals surface area contributed by atoms with Gasteiger partial charge in [0.2, 0.25) is 5.90 Å². The highest BCUT2D eigenvalue weighted by Crippen LogP contribution is 2.26. The van der Waals surface area contributed by atoms with Gasteiger partial charge in [0.1, 0.15) is 5.75 Å². The summed E-state index contributed by atoms with van der Waals surface area (Å²) in [4.78, 5) is 18.4. The molecule has 1 aliphatic rings. The molecule has 0 amide bonds. The molecule has 106 valence electrons. The number of nitrogens with zero attached hydrogens (tertiary/aromatic N) is 1. The second-order valence-corrected chi connectivity index (χ2v) is 5.80. The third kappa shape index (κ3) is 2.73. The minimum atomic E-state index is -0.443. The number of para-hydroxylation sites is 1. The topological polar surface area (TPSA) is 47.9 Å². The lowest BCUT2D eigenvalue weighted by Crippen LogP contribution is -2.06. The van der Waals surface area contributed by atoms with E-state index in [1.54, 1.807) is 30.6 Å². The van der Waals surface area contributed by atoms with Gasteiger partial charge in [-0.05, 0) is 37.3 Å². The molecule has 0 spiro atoms. The van der Waals surface area contributed by atoms with E-state index in [0.29, 0.717) is 17.0 Å². The average Bonchev–Trinajstić information content (AvgIpc) is 3.06. The SMILES string of the molecule is COc1ccccc1C1=N/C(=C\c2ccc(C)s2)C(=O)O1. The number of hydrogen-bond acceptors (Lipinski definition) is 5. The summed E-state index contributed by atoms with van der Waals surface area (Å²) in [5, 5.41) is 0. The molecule has 0 unspecified atom stereocenters. The van der Waals surface area contributed by atoms with E-state index >= 15 is 0 Å². The van der Waals surface area contributed by atoms with Crippen LogP contribution in [0.2, 0.25) is 0 Å². The molecule has 0 bridgehead atoms. The number of benzene rings is 1. The molecular weight excluding hydrogens is 286 g/mol. The van der Waals surface area contributed by atoms with Crippen molar-refractivity contribution >= 4 is 29.3 Å². The summed E-state index contributed by atoms with van der Waals surface area (Å²) < 4.78 is 10.5. The molecular formula is C16H13NO3S. The van der Waals surface area contributed by atoms with Crippen molar-refractivity contribution in [3.8, 4) is 5.75 Å². The number of carbonyl (C=O) groups excluding carboxylic acids is 1. The van der Waals surface area contributed by atoms with E-state index < -0.39 is 5.97 Å². The Bertz CT molecular complexity index is 758. The van der Waals surface area contributed by atoms with E-state index in [2.05, 4.69) is 4.99 Å². The maximum atomic E-state index is 11.9. The van der Waals surface area contributed by atoms with Crippen molar-refractivity contribution < 1.29 is 14.3 Å². The summed E-state index contributed by atoms with van der Waals surface area (Å²) in [6.07, 6.45) is 1.74. The first-order chi connectivity index (χ1) is 10.2.